The summed E-state index contributed by atoms with van der Waals surface area (Å²) in [5.41, 5.74) is 2.97. The molecule has 45 heavy (non-hydrogen) atoms. The van der Waals surface area contributed by atoms with Crippen molar-refractivity contribution in [1.29, 1.82) is 0 Å². The maximum Gasteiger partial charge on any atom is 0.327 e. The van der Waals surface area contributed by atoms with Gasteiger partial charge in [-0.1, -0.05) is 48.5 Å². The minimum Gasteiger partial charge on any atom is -0.480 e. The van der Waals surface area contributed by atoms with Crippen molar-refractivity contribution in [3.8, 4) is 0 Å². The van der Waals surface area contributed by atoms with Crippen molar-refractivity contribution in [3.05, 3.63) is 126 Å². The van der Waals surface area contributed by atoms with E-state index in [-0.39, 0.29) is 6.04 Å². The number of carboxylic acids is 1. The number of aliphatic carboxylic acids is 1. The van der Waals surface area contributed by atoms with Crippen LogP contribution in [0, 0.1) is 23.5 Å². The van der Waals surface area contributed by atoms with Crippen molar-refractivity contribution < 1.29 is 28.6 Å². The third-order valence-electron chi connectivity index (χ3n) is 8.94. The van der Waals surface area contributed by atoms with Crippen LogP contribution in [0.1, 0.15) is 48.5 Å². The van der Waals surface area contributed by atoms with Gasteiger partial charge in [0.1, 0.15) is 17.7 Å². The van der Waals surface area contributed by atoms with Crippen LogP contribution >= 0.6 is 0 Å². The Morgan fingerprint density at radius 1 is 1.00 bits per heavy atom. The van der Waals surface area contributed by atoms with Gasteiger partial charge in [0.15, 0.2) is 0 Å². The van der Waals surface area contributed by atoms with Gasteiger partial charge in [-0.3, -0.25) is 14.7 Å². The largest absolute Gasteiger partial charge is 0.480 e. The van der Waals surface area contributed by atoms with Crippen LogP contribution in [0.3, 0.4) is 0 Å². The van der Waals surface area contributed by atoms with Crippen molar-refractivity contribution in [2.75, 3.05) is 13.1 Å². The predicted molar refractivity (Wildman–Crippen MR) is 168 cm³/mol. The summed E-state index contributed by atoms with van der Waals surface area (Å²) in [6.07, 6.45) is 5.76. The minimum absolute atomic E-state index is 0.223. The molecule has 0 spiro atoms. The van der Waals surface area contributed by atoms with Crippen molar-refractivity contribution >= 4 is 22.8 Å². The molecule has 1 amide bonds. The lowest BCUT2D eigenvalue weighted by Crippen LogP contribution is -2.54. The molecule has 7 rings (SSSR count). The van der Waals surface area contributed by atoms with Gasteiger partial charge in [0.05, 0.1) is 11.6 Å². The Hall–Kier alpha value is -4.47. The van der Waals surface area contributed by atoms with Gasteiger partial charge >= 0.3 is 5.97 Å². The number of benzene rings is 3. The van der Waals surface area contributed by atoms with Gasteiger partial charge in [0.2, 0.25) is 5.91 Å². The number of fused-ring (bicyclic) bond motifs is 4. The Balaban J connectivity index is 0.000000178. The van der Waals surface area contributed by atoms with Crippen molar-refractivity contribution in [2.24, 2.45) is 11.8 Å². The summed E-state index contributed by atoms with van der Waals surface area (Å²) in [6.45, 7) is 7.32. The Morgan fingerprint density at radius 3 is 2.16 bits per heavy atom. The maximum absolute atomic E-state index is 13.1. The van der Waals surface area contributed by atoms with E-state index in [2.05, 4.69) is 33.9 Å². The first kappa shape index (κ1) is 31.9. The molecule has 1 unspecified atom stereocenters. The summed E-state index contributed by atoms with van der Waals surface area (Å²) < 4.78 is 26.3. The number of rotatable bonds is 8. The molecule has 0 radical (unpaired) electrons. The molecule has 3 aromatic carbocycles. The summed E-state index contributed by atoms with van der Waals surface area (Å²) in [4.78, 5) is 29.8. The first-order chi connectivity index (χ1) is 21.7. The number of halogens is 2. The first-order valence-electron chi connectivity index (χ1n) is 15.1. The first-order valence-corrected chi connectivity index (χ1v) is 15.1. The zero-order valence-electron chi connectivity index (χ0n) is 25.0. The fourth-order valence-electron chi connectivity index (χ4n) is 6.71. The molecule has 3 aliphatic heterocycles. The number of carbonyl (C=O) groups is 2. The molecule has 4 aromatic rings. The number of pyridine rings is 1. The summed E-state index contributed by atoms with van der Waals surface area (Å²) >= 11 is 0. The number of carboxylic acid groups (broad SMARTS) is 1. The second kappa shape index (κ2) is 14.1. The highest BCUT2D eigenvalue weighted by Crippen LogP contribution is 2.42. The number of aliphatic hydroxyl groups excluding tert-OH is 1. The topological polar surface area (TPSA) is 103 Å². The minimum atomic E-state index is -1.26. The maximum atomic E-state index is 13.1. The van der Waals surface area contributed by atoms with Crippen LogP contribution in [0.4, 0.5) is 8.78 Å². The molecule has 1 aromatic heterocycles. The normalized spacial score (nSPS) is 21.8. The molecule has 6 atom stereocenters. The Kier molecular flexibility index (Phi) is 10.0. The quantitative estimate of drug-likeness (QED) is 0.216. The lowest BCUT2D eigenvalue weighted by molar-refractivity contribution is -0.141. The van der Waals surface area contributed by atoms with Gasteiger partial charge < -0.3 is 15.5 Å². The molecule has 9 heteroatoms. The number of aliphatic hydroxyl groups is 1. The standard InChI is InChI=1S/C19H22N2O.C17H15F2NO3/c1-2-13-12-21-10-8-14(13)11-18(21)19(22)16-7-9-20-17-6-4-3-5-15(16)17;1-10(21)20-16(17(22)23)15(11-2-6-13(18)7-3-11)12-4-8-14(19)9-5-12/h2-7,9,13-14,18-19,22H,1,8,10-12H2;2-9,15-16H,1H3,(H,20,21)(H,22,23)/t13-,14-,18-,19+;16-/m01/s1. The van der Waals surface area contributed by atoms with Gasteiger partial charge in [0, 0.05) is 37.0 Å². The molecular weight excluding hydrogens is 576 g/mol. The Bertz CT molecular complexity index is 1600. The predicted octanol–water partition coefficient (Wildman–Crippen LogP) is 5.85. The molecule has 234 valence electrons. The van der Waals surface area contributed by atoms with Crippen molar-refractivity contribution in [2.45, 2.75) is 43.9 Å². The van der Waals surface area contributed by atoms with Crippen molar-refractivity contribution in [3.63, 3.8) is 0 Å². The van der Waals surface area contributed by atoms with E-state index in [1.54, 1.807) is 0 Å². The summed E-state index contributed by atoms with van der Waals surface area (Å²) in [5, 5.41) is 23.9. The van der Waals surface area contributed by atoms with E-state index in [1.165, 1.54) is 61.9 Å². The van der Waals surface area contributed by atoms with Crippen LogP contribution in [0.15, 0.2) is 97.7 Å². The van der Waals surface area contributed by atoms with Crippen LogP contribution in [-0.2, 0) is 9.59 Å². The molecule has 3 saturated heterocycles. The van der Waals surface area contributed by atoms with E-state index in [1.807, 2.05) is 30.5 Å². The molecule has 3 fully saturated rings. The molecule has 2 bridgehead atoms. The number of piperidine rings is 3. The molecule has 3 aliphatic rings. The van der Waals surface area contributed by atoms with Crippen LogP contribution in [0.5, 0.6) is 0 Å². The van der Waals surface area contributed by atoms with Crippen LogP contribution in [-0.4, -0.2) is 57.1 Å². The lowest BCUT2D eigenvalue weighted by Gasteiger charge is -2.50. The van der Waals surface area contributed by atoms with E-state index >= 15 is 0 Å². The third-order valence-corrected chi connectivity index (χ3v) is 8.94. The second-order valence-corrected chi connectivity index (χ2v) is 11.7. The van der Waals surface area contributed by atoms with E-state index in [9.17, 15) is 28.6 Å². The average molecular weight is 614 g/mol. The molecule has 3 N–H and O–H groups in total. The van der Waals surface area contributed by atoms with E-state index in [4.69, 9.17) is 0 Å². The summed E-state index contributed by atoms with van der Waals surface area (Å²) in [6, 6.07) is 19.6. The second-order valence-electron chi connectivity index (χ2n) is 11.7. The number of hydrogen-bond acceptors (Lipinski definition) is 5. The average Bonchev–Trinajstić information content (AvgIpc) is 3.05. The Labute approximate surface area is 261 Å². The monoisotopic (exact) mass is 613 g/mol. The highest BCUT2D eigenvalue weighted by molar-refractivity contribution is 5.84. The number of aromatic nitrogens is 1. The number of amides is 1. The molecular formula is C36H37F2N3O4. The number of carbonyl (C=O) groups excluding carboxylic acids is 1. The zero-order chi connectivity index (χ0) is 32.1. The van der Waals surface area contributed by atoms with E-state index in [0.717, 1.165) is 36.0 Å². The molecule has 0 aliphatic carbocycles. The summed E-state index contributed by atoms with van der Waals surface area (Å²) in [5.74, 6) is -2.18. The van der Waals surface area contributed by atoms with Gasteiger partial charge in [-0.2, -0.15) is 0 Å². The van der Waals surface area contributed by atoms with E-state index in [0.29, 0.717) is 23.0 Å². The third kappa shape index (κ3) is 7.27. The fraction of sp³-hybridized carbons (Fsp3) is 0.306. The van der Waals surface area contributed by atoms with E-state index < -0.39 is 41.6 Å². The molecule has 7 nitrogen and oxygen atoms in total. The lowest BCUT2D eigenvalue weighted by atomic mass is 9.73. The highest BCUT2D eigenvalue weighted by Gasteiger charge is 2.42. The number of hydrogen-bond donors (Lipinski definition) is 3. The van der Waals surface area contributed by atoms with Crippen LogP contribution in [0.2, 0.25) is 0 Å². The molecule has 0 saturated carbocycles. The van der Waals surface area contributed by atoms with Gasteiger partial charge in [-0.05, 0) is 84.3 Å². The van der Waals surface area contributed by atoms with Gasteiger partial charge in [-0.15, -0.1) is 6.58 Å². The van der Waals surface area contributed by atoms with Gasteiger partial charge in [-0.25, -0.2) is 13.6 Å². The zero-order valence-corrected chi connectivity index (χ0v) is 25.0. The number of nitrogens with one attached hydrogen (secondary N) is 1. The van der Waals surface area contributed by atoms with Gasteiger partial charge in [0.25, 0.3) is 0 Å². The smallest absolute Gasteiger partial charge is 0.327 e. The van der Waals surface area contributed by atoms with Crippen LogP contribution < -0.4 is 5.32 Å². The van der Waals surface area contributed by atoms with Crippen molar-refractivity contribution in [1.82, 2.24) is 15.2 Å². The summed E-state index contributed by atoms with van der Waals surface area (Å²) in [7, 11) is 0. The SMILES string of the molecule is C=C[C@H]1CN2CC[C@H]1C[C@H]2[C@H](O)c1ccnc2ccccc12.CC(=O)N[C@@H](C(=O)O)C(c1ccc(F)cc1)c1ccc(F)cc1. The number of nitrogens with zero attached hydrogens (tertiary/aromatic N) is 2. The highest BCUT2D eigenvalue weighted by atomic mass is 19.1. The number of para-hydroxylation sites is 1. The Morgan fingerprint density at radius 2 is 1.62 bits per heavy atom. The van der Waals surface area contributed by atoms with Crippen LogP contribution in [0.25, 0.3) is 10.9 Å². The molecule has 4 heterocycles. The fourth-order valence-corrected chi connectivity index (χ4v) is 6.71.